The molecule has 0 aromatic heterocycles. The van der Waals surface area contributed by atoms with E-state index in [4.69, 9.17) is 4.74 Å². The molecule has 4 aliphatic heterocycles. The number of fused-ring (bicyclic) bond motifs is 3. The number of piperidine rings is 2. The predicted molar refractivity (Wildman–Crippen MR) is 141 cm³/mol. The van der Waals surface area contributed by atoms with Crippen molar-refractivity contribution in [2.24, 2.45) is 5.92 Å². The number of amides is 3. The second-order valence-electron chi connectivity index (χ2n) is 10.7. The first-order chi connectivity index (χ1) is 18.1. The lowest BCUT2D eigenvalue weighted by atomic mass is 9.63. The number of ether oxygens (including phenoxy) is 1. The van der Waals surface area contributed by atoms with Crippen molar-refractivity contribution in [3.8, 4) is 5.75 Å². The zero-order valence-corrected chi connectivity index (χ0v) is 21.4. The van der Waals surface area contributed by atoms with E-state index in [0.717, 1.165) is 24.2 Å². The Kier molecular flexibility index (Phi) is 7.89. The Balaban J connectivity index is 0.000000210. The molecule has 7 heteroatoms. The second kappa shape index (κ2) is 11.5. The zero-order chi connectivity index (χ0) is 25.7. The molecule has 2 aromatic rings. The van der Waals surface area contributed by atoms with Crippen LogP contribution in [-0.2, 0) is 16.1 Å². The number of nitrogens with zero attached hydrogens (tertiary/aromatic N) is 1. The summed E-state index contributed by atoms with van der Waals surface area (Å²) < 4.78 is 6.11. The first-order valence-electron chi connectivity index (χ1n) is 13.7. The number of benzene rings is 2. The van der Waals surface area contributed by atoms with Crippen LogP contribution in [0.15, 0.2) is 54.6 Å². The summed E-state index contributed by atoms with van der Waals surface area (Å²) in [6.07, 6.45) is 9.80. The highest BCUT2D eigenvalue weighted by atomic mass is 16.5. The molecule has 2 aromatic carbocycles. The van der Waals surface area contributed by atoms with Crippen LogP contribution in [0.3, 0.4) is 0 Å². The maximum atomic E-state index is 12.9. The maximum absolute atomic E-state index is 12.9. The highest BCUT2D eigenvalue weighted by molar-refractivity contribution is 6.10. The second-order valence-corrected chi connectivity index (χ2v) is 10.7. The number of rotatable bonds is 3. The van der Waals surface area contributed by atoms with Crippen LogP contribution >= 0.6 is 0 Å². The minimum Gasteiger partial charge on any atom is -0.490 e. The monoisotopic (exact) mass is 503 g/mol. The van der Waals surface area contributed by atoms with Gasteiger partial charge >= 0.3 is 0 Å². The molecule has 2 aliphatic carbocycles. The van der Waals surface area contributed by atoms with Gasteiger partial charge in [-0.05, 0) is 88.2 Å². The molecular formula is C30H37N3O4. The fourth-order valence-corrected chi connectivity index (χ4v) is 5.90. The quantitative estimate of drug-likeness (QED) is 0.613. The molecule has 4 heterocycles. The molecule has 0 spiro atoms. The fourth-order valence-electron chi connectivity index (χ4n) is 5.90. The van der Waals surface area contributed by atoms with Gasteiger partial charge in [-0.1, -0.05) is 42.8 Å². The van der Waals surface area contributed by atoms with Gasteiger partial charge in [0.05, 0.1) is 6.10 Å². The summed E-state index contributed by atoms with van der Waals surface area (Å²) in [6.45, 7) is 2.91. The van der Waals surface area contributed by atoms with Crippen LogP contribution in [0, 0.1) is 5.92 Å². The first-order valence-corrected chi connectivity index (χ1v) is 13.7. The Morgan fingerprint density at radius 3 is 2.05 bits per heavy atom. The molecule has 0 radical (unpaired) electrons. The fraction of sp³-hybridized carbons (Fsp3) is 0.500. The zero-order valence-electron chi connectivity index (χ0n) is 21.4. The molecule has 2 N–H and O–H groups in total. The molecule has 7 nitrogen and oxygen atoms in total. The number of nitrogens with one attached hydrogen (secondary N) is 2. The van der Waals surface area contributed by atoms with Crippen LogP contribution in [0.4, 0.5) is 0 Å². The standard InChI is InChI=1S/C20H22N2O4.C6H6.C4H9N/c23-17-13-9-20(10-13,19(25)21-17)22-11-12-8-15(6-7-16(12)18(22)24)26-14-4-2-1-3-5-14;1-2-4-6-5-3-1;1-2-4-5-3-1/h6-8,13-14H,1-5,9-11H2,(H,21,23,25);1-6H;5H,1-4H2. The Hall–Kier alpha value is -3.19. The lowest BCUT2D eigenvalue weighted by Crippen LogP contribution is -2.73. The first kappa shape index (κ1) is 25.5. The normalized spacial score (nSPS) is 26.1. The van der Waals surface area contributed by atoms with Crippen LogP contribution in [-0.4, -0.2) is 47.4 Å². The highest BCUT2D eigenvalue weighted by Crippen LogP contribution is 2.49. The largest absolute Gasteiger partial charge is 0.490 e. The van der Waals surface area contributed by atoms with Crippen LogP contribution in [0.5, 0.6) is 5.75 Å². The Morgan fingerprint density at radius 1 is 0.838 bits per heavy atom. The summed E-state index contributed by atoms with van der Waals surface area (Å²) in [5.74, 6) is 0.00757. The Bertz CT molecular complexity index is 1070. The number of hydrogen-bond acceptors (Lipinski definition) is 5. The third-order valence-electron chi connectivity index (χ3n) is 8.07. The summed E-state index contributed by atoms with van der Waals surface area (Å²) in [4.78, 5) is 38.6. The molecule has 6 aliphatic rings. The highest BCUT2D eigenvalue weighted by Gasteiger charge is 2.62. The van der Waals surface area contributed by atoms with Crippen molar-refractivity contribution < 1.29 is 19.1 Å². The summed E-state index contributed by atoms with van der Waals surface area (Å²) in [6, 6.07) is 17.6. The molecular weight excluding hydrogens is 466 g/mol. The third kappa shape index (κ3) is 5.57. The SMILES string of the molecule is C1CCNC1.O=C1NC(=O)C2(N3Cc4cc(OC5CCCCC5)ccc4C3=O)CC1C2.c1ccccc1. The van der Waals surface area contributed by atoms with Gasteiger partial charge in [0.15, 0.2) is 0 Å². The molecule has 2 bridgehead atoms. The van der Waals surface area contributed by atoms with E-state index in [1.165, 1.54) is 45.2 Å². The van der Waals surface area contributed by atoms with E-state index in [9.17, 15) is 14.4 Å². The van der Waals surface area contributed by atoms with Crippen molar-refractivity contribution in [3.05, 3.63) is 65.7 Å². The van der Waals surface area contributed by atoms with Crippen LogP contribution in [0.2, 0.25) is 0 Å². The van der Waals surface area contributed by atoms with Crippen molar-refractivity contribution in [1.29, 1.82) is 0 Å². The van der Waals surface area contributed by atoms with Gasteiger partial charge < -0.3 is 15.0 Å². The average molecular weight is 504 g/mol. The van der Waals surface area contributed by atoms with Crippen molar-refractivity contribution in [2.45, 2.75) is 76.0 Å². The topological polar surface area (TPSA) is 87.7 Å². The van der Waals surface area contributed by atoms with E-state index in [1.54, 1.807) is 4.90 Å². The maximum Gasteiger partial charge on any atom is 0.255 e. The molecule has 3 amide bonds. The van der Waals surface area contributed by atoms with Gasteiger partial charge in [0.1, 0.15) is 11.3 Å². The van der Waals surface area contributed by atoms with Crippen LogP contribution in [0.1, 0.15) is 73.7 Å². The minimum absolute atomic E-state index is 0.118. The van der Waals surface area contributed by atoms with Gasteiger partial charge in [0, 0.05) is 18.0 Å². The summed E-state index contributed by atoms with van der Waals surface area (Å²) in [5, 5.41) is 5.64. The molecule has 5 fully saturated rings. The van der Waals surface area contributed by atoms with E-state index in [2.05, 4.69) is 10.6 Å². The summed E-state index contributed by atoms with van der Waals surface area (Å²) >= 11 is 0. The minimum atomic E-state index is -0.848. The number of hydrogen-bond donors (Lipinski definition) is 2. The van der Waals surface area contributed by atoms with E-state index in [1.807, 2.05) is 54.6 Å². The number of imide groups is 1. The molecule has 37 heavy (non-hydrogen) atoms. The smallest absolute Gasteiger partial charge is 0.255 e. The molecule has 3 saturated heterocycles. The summed E-state index contributed by atoms with van der Waals surface area (Å²) in [7, 11) is 0. The van der Waals surface area contributed by atoms with Crippen molar-refractivity contribution in [1.82, 2.24) is 15.5 Å². The number of carbonyl (C=O) groups excluding carboxylic acids is 3. The van der Waals surface area contributed by atoms with Crippen molar-refractivity contribution in [3.63, 3.8) is 0 Å². The number of carbonyl (C=O) groups is 3. The Morgan fingerprint density at radius 2 is 1.49 bits per heavy atom. The van der Waals surface area contributed by atoms with E-state index in [-0.39, 0.29) is 29.7 Å². The van der Waals surface area contributed by atoms with Gasteiger partial charge in [0.2, 0.25) is 5.91 Å². The molecule has 196 valence electrons. The van der Waals surface area contributed by atoms with Gasteiger partial charge in [-0.3, -0.25) is 19.7 Å². The van der Waals surface area contributed by atoms with Crippen LogP contribution in [0.25, 0.3) is 0 Å². The molecule has 0 unspecified atom stereocenters. The van der Waals surface area contributed by atoms with Gasteiger partial charge in [-0.25, -0.2) is 0 Å². The molecule has 0 atom stereocenters. The lowest BCUT2D eigenvalue weighted by Gasteiger charge is -2.53. The van der Waals surface area contributed by atoms with E-state index in [0.29, 0.717) is 24.9 Å². The van der Waals surface area contributed by atoms with Gasteiger partial charge in [0.25, 0.3) is 11.8 Å². The van der Waals surface area contributed by atoms with E-state index < -0.39 is 5.54 Å². The molecule has 8 rings (SSSR count). The predicted octanol–water partition coefficient (Wildman–Crippen LogP) is 4.22. The third-order valence-corrected chi connectivity index (χ3v) is 8.07. The van der Waals surface area contributed by atoms with Gasteiger partial charge in [-0.15, -0.1) is 0 Å². The Labute approximate surface area is 218 Å². The van der Waals surface area contributed by atoms with Crippen molar-refractivity contribution in [2.75, 3.05) is 13.1 Å². The van der Waals surface area contributed by atoms with Crippen LogP contribution < -0.4 is 15.4 Å². The van der Waals surface area contributed by atoms with Gasteiger partial charge in [-0.2, -0.15) is 0 Å². The van der Waals surface area contributed by atoms with Crippen molar-refractivity contribution >= 4 is 17.7 Å². The lowest BCUT2D eigenvalue weighted by molar-refractivity contribution is -0.160. The molecule has 2 saturated carbocycles. The van der Waals surface area contributed by atoms with E-state index >= 15 is 0 Å². The summed E-state index contributed by atoms with van der Waals surface area (Å²) in [5.41, 5.74) is 0.702. The average Bonchev–Trinajstić information content (AvgIpc) is 3.58.